The highest BCUT2D eigenvalue weighted by Gasteiger charge is 2.21. The molecule has 1 saturated heterocycles. The lowest BCUT2D eigenvalue weighted by Crippen LogP contribution is -2.29. The summed E-state index contributed by atoms with van der Waals surface area (Å²) in [6.45, 7) is 3.51. The summed E-state index contributed by atoms with van der Waals surface area (Å²) in [4.78, 5) is 0. The molecular formula is C17H24N4OS. The standard InChI is InChI=1S/C17H24N4OS/c1-21-16(15-8-5-9-18-12-15)19-20-17(21)23-11-10-22-13-14-6-3-2-4-7-14/h2-4,6-7,15,18H,5,8-13H2,1H3. The number of nitrogens with zero attached hydrogens (tertiary/aromatic N) is 3. The molecule has 2 heterocycles. The van der Waals surface area contributed by atoms with E-state index in [-0.39, 0.29) is 0 Å². The molecule has 0 bridgehead atoms. The molecule has 1 unspecified atom stereocenters. The second-order valence-electron chi connectivity index (χ2n) is 5.83. The van der Waals surface area contributed by atoms with Crippen LogP contribution in [0.4, 0.5) is 0 Å². The van der Waals surface area contributed by atoms with E-state index in [0.29, 0.717) is 19.1 Å². The van der Waals surface area contributed by atoms with E-state index in [9.17, 15) is 0 Å². The van der Waals surface area contributed by atoms with E-state index in [1.54, 1.807) is 11.8 Å². The highest BCUT2D eigenvalue weighted by atomic mass is 32.2. The predicted octanol–water partition coefficient (Wildman–Crippen LogP) is 2.59. The lowest BCUT2D eigenvalue weighted by Gasteiger charge is -2.21. The van der Waals surface area contributed by atoms with Crippen LogP contribution in [-0.4, -0.2) is 40.2 Å². The normalized spacial score (nSPS) is 18.2. The van der Waals surface area contributed by atoms with Crippen molar-refractivity contribution >= 4 is 11.8 Å². The van der Waals surface area contributed by atoms with Gasteiger partial charge in [0.15, 0.2) is 5.16 Å². The van der Waals surface area contributed by atoms with Crippen LogP contribution in [0, 0.1) is 0 Å². The summed E-state index contributed by atoms with van der Waals surface area (Å²) in [6.07, 6.45) is 2.41. The zero-order valence-electron chi connectivity index (χ0n) is 13.6. The van der Waals surface area contributed by atoms with Crippen LogP contribution in [0.2, 0.25) is 0 Å². The first kappa shape index (κ1) is 16.5. The number of hydrogen-bond acceptors (Lipinski definition) is 5. The van der Waals surface area contributed by atoms with Gasteiger partial charge in [-0.15, -0.1) is 10.2 Å². The number of aromatic nitrogens is 3. The second kappa shape index (κ2) is 8.47. The van der Waals surface area contributed by atoms with E-state index in [0.717, 1.165) is 29.8 Å². The topological polar surface area (TPSA) is 52.0 Å². The lowest BCUT2D eigenvalue weighted by atomic mass is 9.99. The fourth-order valence-corrected chi connectivity index (χ4v) is 3.61. The van der Waals surface area contributed by atoms with Crippen LogP contribution in [0.5, 0.6) is 0 Å². The lowest BCUT2D eigenvalue weighted by molar-refractivity contribution is 0.136. The van der Waals surface area contributed by atoms with Crippen molar-refractivity contribution in [1.82, 2.24) is 20.1 Å². The minimum Gasteiger partial charge on any atom is -0.376 e. The number of rotatable bonds is 7. The van der Waals surface area contributed by atoms with E-state index >= 15 is 0 Å². The molecule has 1 atom stereocenters. The number of thioether (sulfide) groups is 1. The van der Waals surface area contributed by atoms with Gasteiger partial charge in [0.25, 0.3) is 0 Å². The van der Waals surface area contributed by atoms with Gasteiger partial charge in [0.1, 0.15) is 5.82 Å². The Balaban J connectivity index is 1.42. The number of benzene rings is 1. The van der Waals surface area contributed by atoms with Crippen molar-refractivity contribution in [2.24, 2.45) is 7.05 Å². The molecular weight excluding hydrogens is 308 g/mol. The van der Waals surface area contributed by atoms with Crippen molar-refractivity contribution < 1.29 is 4.74 Å². The highest BCUT2D eigenvalue weighted by Crippen LogP contribution is 2.24. The van der Waals surface area contributed by atoms with Gasteiger partial charge in [-0.3, -0.25) is 0 Å². The van der Waals surface area contributed by atoms with Gasteiger partial charge in [-0.05, 0) is 24.9 Å². The molecule has 1 aliphatic heterocycles. The van der Waals surface area contributed by atoms with Crippen molar-refractivity contribution in [3.63, 3.8) is 0 Å². The van der Waals surface area contributed by atoms with Crippen molar-refractivity contribution in [1.29, 1.82) is 0 Å². The summed E-state index contributed by atoms with van der Waals surface area (Å²) < 4.78 is 7.85. The monoisotopic (exact) mass is 332 g/mol. The Morgan fingerprint density at radius 3 is 2.96 bits per heavy atom. The first-order valence-corrected chi connectivity index (χ1v) is 9.17. The predicted molar refractivity (Wildman–Crippen MR) is 92.7 cm³/mol. The minimum absolute atomic E-state index is 0.491. The summed E-state index contributed by atoms with van der Waals surface area (Å²) in [5.74, 6) is 2.48. The molecule has 0 amide bonds. The molecule has 1 N–H and O–H groups in total. The third-order valence-electron chi connectivity index (χ3n) is 4.10. The van der Waals surface area contributed by atoms with Crippen LogP contribution in [0.15, 0.2) is 35.5 Å². The Labute approximate surface area is 141 Å². The highest BCUT2D eigenvalue weighted by molar-refractivity contribution is 7.99. The third-order valence-corrected chi connectivity index (χ3v) is 5.09. The Morgan fingerprint density at radius 1 is 1.30 bits per heavy atom. The zero-order valence-corrected chi connectivity index (χ0v) is 14.4. The second-order valence-corrected chi connectivity index (χ2v) is 6.89. The van der Waals surface area contributed by atoms with Crippen LogP contribution in [0.3, 0.4) is 0 Å². The Morgan fingerprint density at radius 2 is 2.17 bits per heavy atom. The number of nitrogens with one attached hydrogen (secondary N) is 1. The fraction of sp³-hybridized carbons (Fsp3) is 0.529. The fourth-order valence-electron chi connectivity index (χ4n) is 2.84. The zero-order chi connectivity index (χ0) is 15.9. The van der Waals surface area contributed by atoms with Crippen molar-refractivity contribution in [2.75, 3.05) is 25.4 Å². The third kappa shape index (κ3) is 4.56. The van der Waals surface area contributed by atoms with Gasteiger partial charge in [-0.1, -0.05) is 42.1 Å². The maximum atomic E-state index is 5.72. The molecule has 3 rings (SSSR count). The average molecular weight is 332 g/mol. The summed E-state index contributed by atoms with van der Waals surface area (Å²) in [7, 11) is 2.07. The van der Waals surface area contributed by atoms with Crippen molar-refractivity contribution in [2.45, 2.75) is 30.5 Å². The first-order chi connectivity index (χ1) is 11.3. The SMILES string of the molecule is Cn1c(SCCOCc2ccccc2)nnc1C1CCCNC1. The van der Waals surface area contributed by atoms with Gasteiger partial charge in [-0.25, -0.2) is 0 Å². The number of piperidine rings is 1. The van der Waals surface area contributed by atoms with Crippen LogP contribution >= 0.6 is 11.8 Å². The molecule has 1 fully saturated rings. The van der Waals surface area contributed by atoms with Gasteiger partial charge in [-0.2, -0.15) is 0 Å². The minimum atomic E-state index is 0.491. The average Bonchev–Trinajstić information content (AvgIpc) is 2.97. The van der Waals surface area contributed by atoms with Crippen LogP contribution in [0.25, 0.3) is 0 Å². The van der Waals surface area contributed by atoms with Gasteiger partial charge in [0.05, 0.1) is 13.2 Å². The van der Waals surface area contributed by atoms with E-state index < -0.39 is 0 Å². The molecule has 124 valence electrons. The molecule has 2 aromatic rings. The van der Waals surface area contributed by atoms with Crippen LogP contribution < -0.4 is 5.32 Å². The van der Waals surface area contributed by atoms with Crippen LogP contribution in [-0.2, 0) is 18.4 Å². The number of hydrogen-bond donors (Lipinski definition) is 1. The summed E-state index contributed by atoms with van der Waals surface area (Å²) in [5.41, 5.74) is 1.21. The molecule has 23 heavy (non-hydrogen) atoms. The summed E-state index contributed by atoms with van der Waals surface area (Å²) in [6, 6.07) is 10.3. The number of ether oxygens (including phenoxy) is 1. The molecule has 0 spiro atoms. The smallest absolute Gasteiger partial charge is 0.191 e. The molecule has 0 radical (unpaired) electrons. The summed E-state index contributed by atoms with van der Waals surface area (Å²) in [5, 5.41) is 13.2. The molecule has 5 nitrogen and oxygen atoms in total. The Kier molecular flexibility index (Phi) is 6.07. The largest absolute Gasteiger partial charge is 0.376 e. The molecule has 1 aromatic carbocycles. The van der Waals surface area contributed by atoms with Gasteiger partial charge >= 0.3 is 0 Å². The van der Waals surface area contributed by atoms with Gasteiger partial charge in [0.2, 0.25) is 0 Å². The van der Waals surface area contributed by atoms with E-state index in [1.807, 2.05) is 18.2 Å². The van der Waals surface area contributed by atoms with Crippen molar-refractivity contribution in [3.8, 4) is 0 Å². The molecule has 0 saturated carbocycles. The molecule has 1 aliphatic rings. The van der Waals surface area contributed by atoms with Crippen LogP contribution in [0.1, 0.15) is 30.1 Å². The molecule has 1 aromatic heterocycles. The van der Waals surface area contributed by atoms with Gasteiger partial charge < -0.3 is 14.6 Å². The van der Waals surface area contributed by atoms with E-state index in [1.165, 1.54) is 18.4 Å². The summed E-state index contributed by atoms with van der Waals surface area (Å²) >= 11 is 1.71. The molecule has 0 aliphatic carbocycles. The maximum Gasteiger partial charge on any atom is 0.191 e. The van der Waals surface area contributed by atoms with Gasteiger partial charge in [0, 0.05) is 25.3 Å². The quantitative estimate of drug-likeness (QED) is 0.624. The first-order valence-electron chi connectivity index (χ1n) is 8.19. The Hall–Kier alpha value is -1.37. The Bertz CT molecular complexity index is 596. The van der Waals surface area contributed by atoms with E-state index in [2.05, 4.69) is 39.3 Å². The maximum absolute atomic E-state index is 5.72. The van der Waals surface area contributed by atoms with E-state index in [4.69, 9.17) is 4.74 Å². The van der Waals surface area contributed by atoms with Crippen molar-refractivity contribution in [3.05, 3.63) is 41.7 Å². The molecule has 6 heteroatoms.